The molecule has 0 bridgehead atoms. The van der Waals surface area contributed by atoms with Gasteiger partial charge in [0.25, 0.3) is 0 Å². The standard InChI is InChI=1S/C11H17N3OS2.2ClH/c15-11(5-10-7-16-4-3-12-10)13-2-1-9-6-17-8-14-9;;/h6,8,10,12H,1-5,7H2,(H,13,15);2*1H. The van der Waals surface area contributed by atoms with Gasteiger partial charge in [0.15, 0.2) is 0 Å². The zero-order chi connectivity index (χ0) is 11.9. The lowest BCUT2D eigenvalue weighted by Crippen LogP contribution is -2.41. The van der Waals surface area contributed by atoms with Crippen molar-refractivity contribution in [3.05, 3.63) is 16.6 Å². The largest absolute Gasteiger partial charge is 0.356 e. The molecule has 0 aliphatic carbocycles. The second-order valence-electron chi connectivity index (χ2n) is 4.01. The molecule has 1 saturated heterocycles. The van der Waals surface area contributed by atoms with Crippen molar-refractivity contribution in [1.29, 1.82) is 0 Å². The maximum Gasteiger partial charge on any atom is 0.221 e. The van der Waals surface area contributed by atoms with E-state index in [2.05, 4.69) is 15.6 Å². The lowest BCUT2D eigenvalue weighted by molar-refractivity contribution is -0.121. The van der Waals surface area contributed by atoms with Crippen molar-refractivity contribution in [2.45, 2.75) is 18.9 Å². The van der Waals surface area contributed by atoms with Crippen LogP contribution in [0.1, 0.15) is 12.1 Å². The van der Waals surface area contributed by atoms with E-state index in [1.54, 1.807) is 11.3 Å². The van der Waals surface area contributed by atoms with Crippen LogP contribution in [0.4, 0.5) is 0 Å². The number of carbonyl (C=O) groups is 1. The molecule has 110 valence electrons. The predicted octanol–water partition coefficient (Wildman–Crippen LogP) is 1.74. The SMILES string of the molecule is Cl.Cl.O=C(CC1CSCCN1)NCCc1cscn1. The Bertz CT molecular complexity index is 346. The molecular formula is C11H19Cl2N3OS2. The number of nitrogens with zero attached hydrogens (tertiary/aromatic N) is 1. The number of aromatic nitrogens is 1. The topological polar surface area (TPSA) is 54.0 Å². The number of amides is 1. The first-order valence-electron chi connectivity index (χ1n) is 5.79. The van der Waals surface area contributed by atoms with Crippen molar-refractivity contribution < 1.29 is 4.79 Å². The highest BCUT2D eigenvalue weighted by Crippen LogP contribution is 2.09. The van der Waals surface area contributed by atoms with Gasteiger partial charge in [0.05, 0.1) is 11.2 Å². The van der Waals surface area contributed by atoms with Crippen LogP contribution < -0.4 is 10.6 Å². The highest BCUT2D eigenvalue weighted by Gasteiger charge is 2.16. The molecule has 2 rings (SSSR count). The summed E-state index contributed by atoms with van der Waals surface area (Å²) in [6, 6.07) is 0.341. The van der Waals surface area contributed by atoms with Gasteiger partial charge in [-0.25, -0.2) is 4.98 Å². The fraction of sp³-hybridized carbons (Fsp3) is 0.636. The van der Waals surface area contributed by atoms with Gasteiger partial charge in [-0.1, -0.05) is 0 Å². The van der Waals surface area contributed by atoms with Gasteiger partial charge in [0, 0.05) is 48.9 Å². The summed E-state index contributed by atoms with van der Waals surface area (Å²) in [5.74, 6) is 2.33. The second-order valence-corrected chi connectivity index (χ2v) is 5.88. The maximum absolute atomic E-state index is 11.7. The average molecular weight is 344 g/mol. The summed E-state index contributed by atoms with van der Waals surface area (Å²) < 4.78 is 0. The highest BCUT2D eigenvalue weighted by atomic mass is 35.5. The summed E-state index contributed by atoms with van der Waals surface area (Å²) in [5.41, 5.74) is 2.88. The van der Waals surface area contributed by atoms with Crippen LogP contribution in [0.2, 0.25) is 0 Å². The van der Waals surface area contributed by atoms with Gasteiger partial charge in [-0.15, -0.1) is 36.2 Å². The molecule has 2 heterocycles. The maximum atomic E-state index is 11.7. The summed E-state index contributed by atoms with van der Waals surface area (Å²) in [6.07, 6.45) is 1.41. The minimum absolute atomic E-state index is 0. The third-order valence-electron chi connectivity index (χ3n) is 2.62. The normalized spacial score (nSPS) is 18.0. The van der Waals surface area contributed by atoms with Crippen LogP contribution in [0.15, 0.2) is 10.9 Å². The van der Waals surface area contributed by atoms with E-state index in [4.69, 9.17) is 0 Å². The van der Waals surface area contributed by atoms with E-state index in [0.717, 1.165) is 30.2 Å². The first kappa shape index (κ1) is 19.0. The average Bonchev–Trinajstić information content (AvgIpc) is 2.83. The molecule has 0 radical (unpaired) electrons. The molecule has 1 unspecified atom stereocenters. The first-order valence-corrected chi connectivity index (χ1v) is 7.89. The van der Waals surface area contributed by atoms with Gasteiger partial charge in [-0.3, -0.25) is 4.79 Å². The van der Waals surface area contributed by atoms with Crippen LogP contribution in [-0.4, -0.2) is 41.5 Å². The Balaban J connectivity index is 0.00000162. The molecule has 1 aliphatic heterocycles. The van der Waals surface area contributed by atoms with E-state index < -0.39 is 0 Å². The number of rotatable bonds is 5. The van der Waals surface area contributed by atoms with Gasteiger partial charge < -0.3 is 10.6 Å². The van der Waals surface area contributed by atoms with Crippen LogP contribution >= 0.6 is 47.9 Å². The second kappa shape index (κ2) is 10.7. The van der Waals surface area contributed by atoms with E-state index in [1.165, 1.54) is 0 Å². The molecule has 0 aromatic carbocycles. The van der Waals surface area contributed by atoms with E-state index >= 15 is 0 Å². The van der Waals surface area contributed by atoms with E-state index in [-0.39, 0.29) is 30.7 Å². The number of thiazole rings is 1. The monoisotopic (exact) mass is 343 g/mol. The van der Waals surface area contributed by atoms with Crippen molar-refractivity contribution in [2.24, 2.45) is 0 Å². The van der Waals surface area contributed by atoms with Crippen LogP contribution in [0.3, 0.4) is 0 Å². The smallest absolute Gasteiger partial charge is 0.221 e. The third kappa shape index (κ3) is 7.37. The number of nitrogens with one attached hydrogen (secondary N) is 2. The molecule has 0 saturated carbocycles. The van der Waals surface area contributed by atoms with Crippen molar-refractivity contribution in [1.82, 2.24) is 15.6 Å². The summed E-state index contributed by atoms with van der Waals surface area (Å²) in [6.45, 7) is 1.70. The Hall–Kier alpha value is -0.0100. The Labute approximate surface area is 134 Å². The molecule has 1 aliphatic rings. The van der Waals surface area contributed by atoms with Crippen molar-refractivity contribution in [3.8, 4) is 0 Å². The Morgan fingerprint density at radius 2 is 2.37 bits per heavy atom. The number of carbonyl (C=O) groups excluding carboxylic acids is 1. The van der Waals surface area contributed by atoms with Crippen LogP contribution in [0.5, 0.6) is 0 Å². The fourth-order valence-electron chi connectivity index (χ4n) is 1.74. The summed E-state index contributed by atoms with van der Waals surface area (Å²) >= 11 is 3.51. The number of hydrogen-bond acceptors (Lipinski definition) is 5. The summed E-state index contributed by atoms with van der Waals surface area (Å²) in [5, 5.41) is 8.33. The molecule has 1 fully saturated rings. The zero-order valence-corrected chi connectivity index (χ0v) is 13.7. The van der Waals surface area contributed by atoms with Gasteiger partial charge in [0.2, 0.25) is 5.91 Å². The Kier molecular flexibility index (Phi) is 10.7. The van der Waals surface area contributed by atoms with Gasteiger partial charge in [-0.05, 0) is 0 Å². The quantitative estimate of drug-likeness (QED) is 0.854. The highest BCUT2D eigenvalue weighted by molar-refractivity contribution is 7.99. The molecule has 1 atom stereocenters. The molecule has 4 nitrogen and oxygen atoms in total. The minimum Gasteiger partial charge on any atom is -0.356 e. The molecule has 8 heteroatoms. The molecule has 1 amide bonds. The Morgan fingerprint density at radius 3 is 3.00 bits per heavy atom. The molecule has 2 N–H and O–H groups in total. The predicted molar refractivity (Wildman–Crippen MR) is 87.1 cm³/mol. The summed E-state index contributed by atoms with van der Waals surface area (Å²) in [4.78, 5) is 15.8. The third-order valence-corrected chi connectivity index (χ3v) is 4.38. The van der Waals surface area contributed by atoms with Crippen LogP contribution in [-0.2, 0) is 11.2 Å². The lowest BCUT2D eigenvalue weighted by Gasteiger charge is -2.22. The van der Waals surface area contributed by atoms with Crippen LogP contribution in [0, 0.1) is 0 Å². The van der Waals surface area contributed by atoms with E-state index in [1.807, 2.05) is 22.7 Å². The number of hydrogen-bond donors (Lipinski definition) is 2. The molecule has 1 aromatic rings. The van der Waals surface area contributed by atoms with E-state index in [0.29, 0.717) is 19.0 Å². The summed E-state index contributed by atoms with van der Waals surface area (Å²) in [7, 11) is 0. The van der Waals surface area contributed by atoms with Gasteiger partial charge in [0.1, 0.15) is 0 Å². The number of thioether (sulfide) groups is 1. The zero-order valence-electron chi connectivity index (χ0n) is 10.5. The fourth-order valence-corrected chi connectivity index (χ4v) is 3.28. The molecular weight excluding hydrogens is 325 g/mol. The van der Waals surface area contributed by atoms with Crippen molar-refractivity contribution in [3.63, 3.8) is 0 Å². The van der Waals surface area contributed by atoms with Gasteiger partial charge in [-0.2, -0.15) is 11.8 Å². The van der Waals surface area contributed by atoms with E-state index in [9.17, 15) is 4.79 Å². The lowest BCUT2D eigenvalue weighted by atomic mass is 10.2. The minimum atomic E-state index is 0. The first-order chi connectivity index (χ1) is 8.34. The van der Waals surface area contributed by atoms with Crippen LogP contribution in [0.25, 0.3) is 0 Å². The van der Waals surface area contributed by atoms with Crippen molar-refractivity contribution >= 4 is 53.8 Å². The molecule has 0 spiro atoms. The molecule has 1 aromatic heterocycles. The number of halogens is 2. The van der Waals surface area contributed by atoms with Crippen molar-refractivity contribution in [2.75, 3.05) is 24.6 Å². The Morgan fingerprint density at radius 1 is 1.53 bits per heavy atom. The van der Waals surface area contributed by atoms with Gasteiger partial charge >= 0.3 is 0 Å². The molecule has 19 heavy (non-hydrogen) atoms.